The molecule has 5 heteroatoms. The van der Waals surface area contributed by atoms with Crippen molar-refractivity contribution in [2.24, 2.45) is 0 Å². The minimum Gasteiger partial charge on any atom is -0.479 e. The van der Waals surface area contributed by atoms with E-state index in [4.69, 9.17) is 21.4 Å². The summed E-state index contributed by atoms with van der Waals surface area (Å²) in [4.78, 5) is 11.8. The fourth-order valence-electron chi connectivity index (χ4n) is 1.81. The van der Waals surface area contributed by atoms with Crippen molar-refractivity contribution >= 4 is 17.5 Å². The molecule has 0 aromatic heterocycles. The maximum absolute atomic E-state index is 11.8. The van der Waals surface area contributed by atoms with Crippen LogP contribution in [0.4, 0.5) is 0 Å². The zero-order chi connectivity index (χ0) is 13.1. The molecule has 0 aliphatic heterocycles. The van der Waals surface area contributed by atoms with Crippen molar-refractivity contribution in [1.82, 2.24) is 5.32 Å². The molecule has 0 spiro atoms. The maximum atomic E-state index is 11.8. The minimum absolute atomic E-state index is 0.0600. The topological polar surface area (TPSA) is 58.6 Å². The molecule has 1 fully saturated rings. The zero-order valence-electron chi connectivity index (χ0n) is 10.1. The molecule has 2 rings (SSSR count). The second kappa shape index (κ2) is 5.59. The van der Waals surface area contributed by atoms with E-state index in [9.17, 15) is 4.79 Å². The Labute approximate surface area is 111 Å². The summed E-state index contributed by atoms with van der Waals surface area (Å²) >= 11 is 5.95. The highest BCUT2D eigenvalue weighted by Gasteiger charge is 2.30. The van der Waals surface area contributed by atoms with Gasteiger partial charge in [0, 0.05) is 6.04 Å². The highest BCUT2D eigenvalue weighted by atomic mass is 35.5. The zero-order valence-corrected chi connectivity index (χ0v) is 10.9. The number of nitrogens with one attached hydrogen (secondary N) is 1. The summed E-state index contributed by atoms with van der Waals surface area (Å²) in [6.07, 6.45) is 0.340. The van der Waals surface area contributed by atoms with Crippen LogP contribution in [0.15, 0.2) is 24.3 Å². The first-order chi connectivity index (χ1) is 8.56. The van der Waals surface area contributed by atoms with Gasteiger partial charge in [-0.05, 0) is 31.9 Å². The van der Waals surface area contributed by atoms with Gasteiger partial charge in [-0.3, -0.25) is 4.79 Å². The molecule has 0 saturated heterocycles. The molecule has 0 bridgehead atoms. The molecule has 1 aromatic carbocycles. The maximum Gasteiger partial charge on any atom is 0.260 e. The van der Waals surface area contributed by atoms with Crippen molar-refractivity contribution in [3.05, 3.63) is 29.3 Å². The van der Waals surface area contributed by atoms with Gasteiger partial charge >= 0.3 is 0 Å². The van der Waals surface area contributed by atoms with Crippen LogP contribution in [0.1, 0.15) is 19.8 Å². The van der Waals surface area contributed by atoms with Crippen molar-refractivity contribution in [2.45, 2.75) is 38.0 Å². The highest BCUT2D eigenvalue weighted by Crippen LogP contribution is 2.24. The van der Waals surface area contributed by atoms with Crippen LogP contribution in [0.5, 0.6) is 5.75 Å². The summed E-state index contributed by atoms with van der Waals surface area (Å²) < 4.78 is 5.50. The average Bonchev–Trinajstić information content (AvgIpc) is 2.30. The molecule has 98 valence electrons. The predicted molar refractivity (Wildman–Crippen MR) is 68.7 cm³/mol. The van der Waals surface area contributed by atoms with Crippen LogP contribution in [0, 0.1) is 0 Å². The molecule has 1 aromatic rings. The normalized spacial score (nSPS) is 23.9. The lowest BCUT2D eigenvalue weighted by molar-refractivity contribution is -0.129. The molecular weight excluding hydrogens is 254 g/mol. The van der Waals surface area contributed by atoms with Crippen LogP contribution in [0.25, 0.3) is 0 Å². The molecule has 0 radical (unpaired) electrons. The van der Waals surface area contributed by atoms with E-state index in [1.54, 1.807) is 31.2 Å². The minimum atomic E-state index is -0.609. The molecule has 1 amide bonds. The number of rotatable bonds is 4. The lowest BCUT2D eigenvalue weighted by Crippen LogP contribution is -2.50. The van der Waals surface area contributed by atoms with Gasteiger partial charge < -0.3 is 15.2 Å². The quantitative estimate of drug-likeness (QED) is 0.875. The third-order valence-electron chi connectivity index (χ3n) is 2.97. The first-order valence-corrected chi connectivity index (χ1v) is 6.33. The number of hydrogen-bond donors (Lipinski definition) is 2. The van der Waals surface area contributed by atoms with E-state index >= 15 is 0 Å². The second-order valence-corrected chi connectivity index (χ2v) is 4.93. The van der Waals surface area contributed by atoms with E-state index in [0.29, 0.717) is 23.6 Å². The molecule has 4 nitrogen and oxygen atoms in total. The van der Waals surface area contributed by atoms with Gasteiger partial charge in [-0.2, -0.15) is 0 Å². The van der Waals surface area contributed by atoms with Crippen LogP contribution < -0.4 is 10.1 Å². The molecule has 18 heavy (non-hydrogen) atoms. The third-order valence-corrected chi connectivity index (χ3v) is 3.28. The van der Waals surface area contributed by atoms with Crippen LogP contribution >= 0.6 is 11.6 Å². The van der Waals surface area contributed by atoms with E-state index in [-0.39, 0.29) is 18.1 Å². The lowest BCUT2D eigenvalue weighted by Gasteiger charge is -2.32. The Bertz CT molecular complexity index is 432. The Hall–Kier alpha value is -1.26. The number of halogens is 1. The molecule has 1 atom stereocenters. The van der Waals surface area contributed by atoms with Gasteiger partial charge in [-0.1, -0.05) is 23.7 Å². The summed E-state index contributed by atoms with van der Waals surface area (Å²) in [7, 11) is 0. The number of amides is 1. The molecular formula is C13H16ClNO3. The van der Waals surface area contributed by atoms with Crippen molar-refractivity contribution in [2.75, 3.05) is 0 Å². The van der Waals surface area contributed by atoms with Gasteiger partial charge in [0.25, 0.3) is 5.91 Å². The second-order valence-electron chi connectivity index (χ2n) is 4.52. The van der Waals surface area contributed by atoms with E-state index < -0.39 is 6.10 Å². The number of aliphatic hydroxyl groups excluding tert-OH is 1. The van der Waals surface area contributed by atoms with E-state index in [1.807, 2.05) is 0 Å². The van der Waals surface area contributed by atoms with Gasteiger partial charge in [-0.25, -0.2) is 0 Å². The van der Waals surface area contributed by atoms with Crippen LogP contribution in [0.3, 0.4) is 0 Å². The molecule has 2 N–H and O–H groups in total. The summed E-state index contributed by atoms with van der Waals surface area (Å²) in [5.74, 6) is 0.308. The lowest BCUT2D eigenvalue weighted by atomic mass is 9.89. The number of hydrogen-bond acceptors (Lipinski definition) is 3. The van der Waals surface area contributed by atoms with Gasteiger partial charge in [0.2, 0.25) is 0 Å². The Morgan fingerprint density at radius 3 is 2.78 bits per heavy atom. The van der Waals surface area contributed by atoms with Crippen LogP contribution in [-0.2, 0) is 4.79 Å². The fourth-order valence-corrected chi connectivity index (χ4v) is 1.99. The number of carbonyl (C=O) groups excluding carboxylic acids is 1. The van der Waals surface area contributed by atoms with E-state index in [0.717, 1.165) is 0 Å². The number of aliphatic hydroxyl groups is 1. The smallest absolute Gasteiger partial charge is 0.260 e. The number of benzene rings is 1. The van der Waals surface area contributed by atoms with Crippen molar-refractivity contribution in [3.8, 4) is 5.75 Å². The SMILES string of the molecule is CC(Oc1ccccc1Cl)C(=O)NC1CC(O)C1. The number of carbonyl (C=O) groups is 1. The molecule has 1 aliphatic rings. The number of para-hydroxylation sites is 1. The molecule has 1 saturated carbocycles. The van der Waals surface area contributed by atoms with Gasteiger partial charge in [0.05, 0.1) is 11.1 Å². The summed E-state index contributed by atoms with van der Waals surface area (Å²) in [6.45, 7) is 1.67. The Morgan fingerprint density at radius 2 is 2.17 bits per heavy atom. The standard InChI is InChI=1S/C13H16ClNO3/c1-8(13(17)15-9-6-10(16)7-9)18-12-5-3-2-4-11(12)14/h2-5,8-10,16H,6-7H2,1H3,(H,15,17). The summed E-state index contributed by atoms with van der Waals surface area (Å²) in [5, 5.41) is 12.4. The van der Waals surface area contributed by atoms with Crippen LogP contribution in [-0.4, -0.2) is 29.3 Å². The largest absolute Gasteiger partial charge is 0.479 e. The summed E-state index contributed by atoms with van der Waals surface area (Å²) in [6, 6.07) is 7.09. The fraction of sp³-hybridized carbons (Fsp3) is 0.462. The summed E-state index contributed by atoms with van der Waals surface area (Å²) in [5.41, 5.74) is 0. The van der Waals surface area contributed by atoms with Crippen molar-refractivity contribution in [3.63, 3.8) is 0 Å². The van der Waals surface area contributed by atoms with Gasteiger partial charge in [0.1, 0.15) is 5.75 Å². The van der Waals surface area contributed by atoms with E-state index in [1.165, 1.54) is 0 Å². The van der Waals surface area contributed by atoms with Crippen molar-refractivity contribution in [1.29, 1.82) is 0 Å². The van der Waals surface area contributed by atoms with E-state index in [2.05, 4.69) is 5.32 Å². The Morgan fingerprint density at radius 1 is 1.50 bits per heavy atom. The molecule has 1 aliphatic carbocycles. The van der Waals surface area contributed by atoms with Crippen LogP contribution in [0.2, 0.25) is 5.02 Å². The first-order valence-electron chi connectivity index (χ1n) is 5.96. The average molecular weight is 270 g/mol. The Balaban J connectivity index is 1.86. The monoisotopic (exact) mass is 269 g/mol. The first kappa shape index (κ1) is 13.2. The molecule has 1 unspecified atom stereocenters. The highest BCUT2D eigenvalue weighted by molar-refractivity contribution is 6.32. The van der Waals surface area contributed by atoms with Gasteiger partial charge in [0.15, 0.2) is 6.10 Å². The Kier molecular flexibility index (Phi) is 4.09. The van der Waals surface area contributed by atoms with Crippen molar-refractivity contribution < 1.29 is 14.6 Å². The third kappa shape index (κ3) is 3.15. The number of ether oxygens (including phenoxy) is 1. The predicted octanol–water partition coefficient (Wildman–Crippen LogP) is 1.75. The molecule has 0 heterocycles. The van der Waals surface area contributed by atoms with Gasteiger partial charge in [-0.15, -0.1) is 0 Å².